The molecule has 1 radical (unpaired) electrons. The summed E-state index contributed by atoms with van der Waals surface area (Å²) in [7, 11) is 1.83. The molecular formula is C31H41N10O6Y-. The third-order valence-electron chi connectivity index (χ3n) is 7.32. The second-order valence-electron chi connectivity index (χ2n) is 11.1. The molecular weight excluding hydrogens is 697 g/mol. The Kier molecular flexibility index (Phi) is 15.7. The molecule has 4 amide bonds. The average Bonchev–Trinajstić information content (AvgIpc) is 3.05. The van der Waals surface area contributed by atoms with E-state index in [-0.39, 0.29) is 74.1 Å². The van der Waals surface area contributed by atoms with Crippen molar-refractivity contribution in [2.45, 2.75) is 84.1 Å². The number of nitrogens with two attached hydrogens (primary N) is 1. The maximum Gasteiger partial charge on any atom is 0.280 e. The van der Waals surface area contributed by atoms with Crippen molar-refractivity contribution in [3.63, 3.8) is 0 Å². The van der Waals surface area contributed by atoms with Crippen molar-refractivity contribution in [3.05, 3.63) is 52.1 Å². The number of fused-ring (bicyclic) bond motifs is 1. The smallest absolute Gasteiger partial charge is 0.280 e. The normalized spacial score (nSPS) is 13.2. The van der Waals surface area contributed by atoms with Gasteiger partial charge in [0.25, 0.3) is 11.5 Å². The molecule has 16 nitrogen and oxygen atoms in total. The van der Waals surface area contributed by atoms with Gasteiger partial charge in [-0.05, 0) is 51.0 Å². The van der Waals surface area contributed by atoms with Crippen LogP contribution in [0.15, 0.2) is 35.3 Å². The number of nitrogens with zero attached hydrogens (tertiary/aromatic N) is 4. The Morgan fingerprint density at radius 2 is 1.67 bits per heavy atom. The zero-order valence-electron chi connectivity index (χ0n) is 27.6. The molecule has 255 valence electrons. The van der Waals surface area contributed by atoms with Crippen LogP contribution in [0, 0.1) is 0 Å². The van der Waals surface area contributed by atoms with Crippen LogP contribution in [0.5, 0.6) is 0 Å². The zero-order valence-corrected chi connectivity index (χ0v) is 30.5. The van der Waals surface area contributed by atoms with Gasteiger partial charge in [-0.15, -0.1) is 0 Å². The van der Waals surface area contributed by atoms with Crippen molar-refractivity contribution in [3.8, 4) is 0 Å². The monoisotopic (exact) mass is 738 g/mol. The molecule has 0 bridgehead atoms. The number of nitrogens with one attached hydrogen (secondary N) is 5. The van der Waals surface area contributed by atoms with E-state index in [9.17, 15) is 28.8 Å². The molecule has 2 aromatic heterocycles. The summed E-state index contributed by atoms with van der Waals surface area (Å²) in [5.41, 5.74) is 7.09. The zero-order chi connectivity index (χ0) is 34.7. The second kappa shape index (κ2) is 18.9. The van der Waals surface area contributed by atoms with E-state index in [1.54, 1.807) is 51.3 Å². The molecule has 3 rings (SSSR count). The van der Waals surface area contributed by atoms with E-state index in [2.05, 4.69) is 41.2 Å². The Balaban J connectivity index is 0.00000800. The first kappa shape index (κ1) is 39.9. The van der Waals surface area contributed by atoms with Crippen LogP contribution in [0.2, 0.25) is 0 Å². The Bertz CT molecular complexity index is 1650. The maximum absolute atomic E-state index is 12.8. The van der Waals surface area contributed by atoms with Gasteiger partial charge < -0.3 is 36.7 Å². The first-order valence-corrected chi connectivity index (χ1v) is 15.3. The van der Waals surface area contributed by atoms with Crippen molar-refractivity contribution in [2.75, 3.05) is 17.7 Å². The fourth-order valence-electron chi connectivity index (χ4n) is 4.49. The number of rotatable bonds is 16. The molecule has 17 heteroatoms. The second-order valence-corrected chi connectivity index (χ2v) is 11.1. The van der Waals surface area contributed by atoms with Crippen molar-refractivity contribution in [1.82, 2.24) is 41.2 Å². The standard InChI is InChI=1S/C31H41N10O6.Y/c1-6-20(16-42)37-29(46)23(7-2)38-27(44)18(4)35-24(43)13-8-17(3)34-28(45)19-9-11-22(12-10-19)41(5)15-21-14-33-26-25(36-21)30(47)40-31(32)39-26;/h9-12,14,17-18,20,23H,6-8,13,15H2,1-5H3,(H,34,45)(H,35,43)(H,37,46)(H,38,44)(H3,32,33,39,40,47);/q-1;/t17-,18+,20-,23-;/m0./s1. The van der Waals surface area contributed by atoms with Crippen LogP contribution < -0.4 is 37.5 Å². The van der Waals surface area contributed by atoms with E-state index in [1.807, 2.05) is 11.9 Å². The summed E-state index contributed by atoms with van der Waals surface area (Å²) in [6.07, 6.45) is 4.30. The first-order valence-electron chi connectivity index (χ1n) is 15.3. The molecule has 0 unspecified atom stereocenters. The van der Waals surface area contributed by atoms with Gasteiger partial charge in [-0.25, -0.2) is 16.3 Å². The number of carbonyl (C=O) groups excluding carboxylic acids is 5. The van der Waals surface area contributed by atoms with Crippen LogP contribution in [-0.4, -0.2) is 81.1 Å². The summed E-state index contributed by atoms with van der Waals surface area (Å²) in [6.45, 7) is 7.05. The number of aromatic nitrogens is 4. The van der Waals surface area contributed by atoms with Gasteiger partial charge in [0, 0.05) is 63.5 Å². The van der Waals surface area contributed by atoms with Crippen LogP contribution in [0.25, 0.3) is 11.2 Å². The van der Waals surface area contributed by atoms with Crippen molar-refractivity contribution < 1.29 is 56.7 Å². The molecule has 0 aliphatic rings. The molecule has 0 aliphatic carbocycles. The van der Waals surface area contributed by atoms with Crippen LogP contribution >= 0.6 is 0 Å². The Morgan fingerprint density at radius 1 is 0.979 bits per heavy atom. The Morgan fingerprint density at radius 3 is 2.29 bits per heavy atom. The van der Waals surface area contributed by atoms with Crippen molar-refractivity contribution in [2.24, 2.45) is 0 Å². The number of anilines is 2. The SMILES string of the molecule is CC[C@@H]([C-]=O)NC(=O)[C@H](CC)NC(=O)[C@@H](C)NC(=O)CC[C@H](C)NC(=O)c1ccc(N(C)Cc2cnc3nc(N)[nH]c(=O)c3n2)cc1.[Y]. The molecule has 3 aromatic rings. The van der Waals surface area contributed by atoms with Gasteiger partial charge in [0.05, 0.1) is 18.4 Å². The number of H-pyrrole nitrogens is 1. The van der Waals surface area contributed by atoms with Crippen LogP contribution in [-0.2, 0) is 58.4 Å². The number of hydrogen-bond acceptors (Lipinski definition) is 11. The van der Waals surface area contributed by atoms with Crippen molar-refractivity contribution in [1.29, 1.82) is 0 Å². The summed E-state index contributed by atoms with van der Waals surface area (Å²) in [5, 5.41) is 10.6. The third kappa shape index (κ3) is 11.4. The fourth-order valence-corrected chi connectivity index (χ4v) is 4.49. The number of carbonyl (C=O) groups is 4. The predicted molar refractivity (Wildman–Crippen MR) is 175 cm³/mol. The summed E-state index contributed by atoms with van der Waals surface area (Å²) in [4.78, 5) is 90.1. The summed E-state index contributed by atoms with van der Waals surface area (Å²) >= 11 is 0. The van der Waals surface area contributed by atoms with Gasteiger partial charge >= 0.3 is 0 Å². The van der Waals surface area contributed by atoms with E-state index in [4.69, 9.17) is 5.73 Å². The van der Waals surface area contributed by atoms with Crippen LogP contribution in [0.1, 0.15) is 69.4 Å². The third-order valence-corrected chi connectivity index (χ3v) is 7.32. The minimum atomic E-state index is -0.905. The van der Waals surface area contributed by atoms with Crippen LogP contribution in [0.3, 0.4) is 0 Å². The van der Waals surface area contributed by atoms with Gasteiger partial charge in [-0.3, -0.25) is 29.0 Å². The van der Waals surface area contributed by atoms with Gasteiger partial charge in [0.15, 0.2) is 11.2 Å². The van der Waals surface area contributed by atoms with Gasteiger partial charge in [-0.1, -0.05) is 26.3 Å². The summed E-state index contributed by atoms with van der Waals surface area (Å²) in [6, 6.07) is 4.04. The van der Waals surface area contributed by atoms with E-state index in [1.165, 1.54) is 13.1 Å². The van der Waals surface area contributed by atoms with Gasteiger partial charge in [0.2, 0.25) is 23.7 Å². The molecule has 1 aromatic carbocycles. The van der Waals surface area contributed by atoms with Crippen LogP contribution in [0.4, 0.5) is 11.6 Å². The largest absolute Gasteiger partial charge is 0.540 e. The number of nitrogen functional groups attached to an aromatic ring is 1. The molecule has 0 saturated carbocycles. The fraction of sp³-hybridized carbons (Fsp3) is 0.452. The van der Waals surface area contributed by atoms with E-state index in [0.717, 1.165) is 5.69 Å². The quantitative estimate of drug-likeness (QED) is 0.109. The van der Waals surface area contributed by atoms with E-state index >= 15 is 0 Å². The number of benzene rings is 1. The van der Waals surface area contributed by atoms with E-state index < -0.39 is 35.5 Å². The predicted octanol–water partition coefficient (Wildman–Crippen LogP) is 0.232. The molecule has 7 N–H and O–H groups in total. The van der Waals surface area contributed by atoms with E-state index in [0.29, 0.717) is 37.1 Å². The Labute approximate surface area is 303 Å². The average molecular weight is 739 g/mol. The maximum atomic E-state index is 12.8. The number of hydrogen-bond donors (Lipinski definition) is 6. The molecule has 0 saturated heterocycles. The summed E-state index contributed by atoms with van der Waals surface area (Å²) in [5.74, 6) is -1.78. The van der Waals surface area contributed by atoms with Crippen molar-refractivity contribution >= 4 is 52.7 Å². The molecule has 4 atom stereocenters. The minimum absolute atomic E-state index is 0. The molecule has 2 heterocycles. The number of amides is 4. The van der Waals surface area contributed by atoms with Gasteiger partial charge in [-0.2, -0.15) is 4.98 Å². The van der Waals surface area contributed by atoms with Gasteiger partial charge in [0.1, 0.15) is 12.1 Å². The molecule has 0 fully saturated rings. The molecule has 48 heavy (non-hydrogen) atoms. The topological polar surface area (TPSA) is 234 Å². The first-order chi connectivity index (χ1) is 22.3. The number of aromatic amines is 1. The minimum Gasteiger partial charge on any atom is -0.540 e. The molecule has 0 aliphatic heterocycles. The molecule has 0 spiro atoms. The Hall–Kier alpha value is -4.31. The summed E-state index contributed by atoms with van der Waals surface area (Å²) < 4.78 is 0.